The molecule has 3 aromatic rings. The molecule has 30 heavy (non-hydrogen) atoms. The molecule has 0 atom stereocenters. The summed E-state index contributed by atoms with van der Waals surface area (Å²) >= 11 is 7.63. The van der Waals surface area contributed by atoms with Crippen molar-refractivity contribution in [2.24, 2.45) is 4.99 Å². The van der Waals surface area contributed by atoms with E-state index in [-0.39, 0.29) is 11.4 Å². The highest BCUT2D eigenvalue weighted by atomic mass is 35.5. The third-order valence-corrected chi connectivity index (χ3v) is 8.16. The Kier molecular flexibility index (Phi) is 5.80. The summed E-state index contributed by atoms with van der Waals surface area (Å²) in [5, 5.41) is 0.532. The maximum atomic E-state index is 12.7. The first-order valence-corrected chi connectivity index (χ1v) is 12.0. The van der Waals surface area contributed by atoms with E-state index in [0.29, 0.717) is 28.5 Å². The molecule has 1 amide bonds. The van der Waals surface area contributed by atoms with E-state index in [4.69, 9.17) is 18.0 Å². The van der Waals surface area contributed by atoms with E-state index in [1.54, 1.807) is 10.6 Å². The van der Waals surface area contributed by atoms with Crippen molar-refractivity contribution in [1.29, 1.82) is 0 Å². The van der Waals surface area contributed by atoms with E-state index in [0.717, 1.165) is 23.1 Å². The Labute approximate surface area is 183 Å². The van der Waals surface area contributed by atoms with Crippen molar-refractivity contribution in [3.63, 3.8) is 0 Å². The molecular weight excluding hydrogens is 442 g/mol. The van der Waals surface area contributed by atoms with E-state index in [9.17, 15) is 13.2 Å². The van der Waals surface area contributed by atoms with Crippen molar-refractivity contribution < 1.29 is 13.2 Å². The van der Waals surface area contributed by atoms with Gasteiger partial charge in [0.05, 0.1) is 26.7 Å². The van der Waals surface area contributed by atoms with E-state index in [1.165, 1.54) is 39.9 Å². The number of aromatic nitrogens is 1. The molecule has 6 nitrogen and oxygen atoms in total. The number of nitrogens with zero attached hydrogens (tertiary/aromatic N) is 3. The molecule has 0 N–H and O–H groups in total. The Morgan fingerprint density at radius 1 is 1.17 bits per heavy atom. The maximum Gasteiger partial charge on any atom is 0.279 e. The van der Waals surface area contributed by atoms with Crippen molar-refractivity contribution in [3.8, 4) is 12.3 Å². The third kappa shape index (κ3) is 3.82. The Hall–Kier alpha value is -2.44. The number of halogens is 1. The molecule has 0 unspecified atom stereocenters. The standard InChI is InChI=1S/C21H18ClN3O3S2/c1-2-12-25-19-17(22)6-5-7-18(19)29-21(25)23-20(26)15-8-10-16(11-9-15)30(27,28)24-13-3-4-14-24/h1,5-11H,3-4,12-14H2. The van der Waals surface area contributed by atoms with Crippen LogP contribution in [-0.2, 0) is 16.6 Å². The van der Waals surface area contributed by atoms with E-state index in [2.05, 4.69) is 10.9 Å². The summed E-state index contributed by atoms with van der Waals surface area (Å²) in [7, 11) is -3.52. The average Bonchev–Trinajstić information content (AvgIpc) is 3.38. The number of sulfonamides is 1. The van der Waals surface area contributed by atoms with Gasteiger partial charge in [0, 0.05) is 18.7 Å². The van der Waals surface area contributed by atoms with Crippen molar-refractivity contribution in [2.45, 2.75) is 24.3 Å². The number of hydrogen-bond donors (Lipinski definition) is 0. The quantitative estimate of drug-likeness (QED) is 0.560. The molecule has 1 saturated heterocycles. The molecule has 0 spiro atoms. The van der Waals surface area contributed by atoms with Crippen LogP contribution in [0.2, 0.25) is 5.02 Å². The van der Waals surface area contributed by atoms with Crippen molar-refractivity contribution in [1.82, 2.24) is 8.87 Å². The van der Waals surface area contributed by atoms with Crippen LogP contribution in [0.15, 0.2) is 52.4 Å². The molecule has 1 aromatic heterocycles. The number of carbonyl (C=O) groups excluding carboxylic acids is 1. The molecule has 9 heteroatoms. The summed E-state index contributed by atoms with van der Waals surface area (Å²) in [6, 6.07) is 11.4. The highest BCUT2D eigenvalue weighted by molar-refractivity contribution is 7.89. The monoisotopic (exact) mass is 459 g/mol. The fourth-order valence-electron chi connectivity index (χ4n) is 3.41. The van der Waals surface area contributed by atoms with Gasteiger partial charge in [0.25, 0.3) is 5.91 Å². The molecule has 4 rings (SSSR count). The highest BCUT2D eigenvalue weighted by Gasteiger charge is 2.27. The highest BCUT2D eigenvalue weighted by Crippen LogP contribution is 2.25. The van der Waals surface area contributed by atoms with Gasteiger partial charge in [-0.15, -0.1) is 6.42 Å². The molecule has 0 saturated carbocycles. The summed E-state index contributed by atoms with van der Waals surface area (Å²) in [4.78, 5) is 17.6. The first kappa shape index (κ1) is 20.8. The first-order valence-electron chi connectivity index (χ1n) is 9.32. The van der Waals surface area contributed by atoms with Gasteiger partial charge in [-0.05, 0) is 49.2 Å². The van der Waals surface area contributed by atoms with Crippen molar-refractivity contribution in [3.05, 3.63) is 57.9 Å². The average molecular weight is 460 g/mol. The second kappa shape index (κ2) is 8.36. The van der Waals surface area contributed by atoms with Crippen LogP contribution >= 0.6 is 22.9 Å². The van der Waals surface area contributed by atoms with Gasteiger partial charge < -0.3 is 4.57 Å². The van der Waals surface area contributed by atoms with E-state index >= 15 is 0 Å². The molecule has 0 aliphatic carbocycles. The Bertz CT molecular complexity index is 1330. The van der Waals surface area contributed by atoms with E-state index in [1.807, 2.05) is 12.1 Å². The number of fused-ring (bicyclic) bond motifs is 1. The largest absolute Gasteiger partial charge is 0.303 e. The van der Waals surface area contributed by atoms with Gasteiger partial charge in [-0.3, -0.25) is 4.79 Å². The predicted octanol–water partition coefficient (Wildman–Crippen LogP) is 3.52. The fourth-order valence-corrected chi connectivity index (χ4v) is 6.31. The molecule has 0 bridgehead atoms. The zero-order valence-corrected chi connectivity index (χ0v) is 18.3. The summed E-state index contributed by atoms with van der Waals surface area (Å²) in [6.45, 7) is 1.28. The van der Waals surface area contributed by atoms with Crippen LogP contribution in [0.4, 0.5) is 0 Å². The SMILES string of the molecule is C#CCn1c(=NC(=O)c2ccc(S(=O)(=O)N3CCCC3)cc2)sc2cccc(Cl)c21. The zero-order valence-electron chi connectivity index (χ0n) is 15.9. The number of rotatable bonds is 4. The number of benzene rings is 2. The molecule has 2 heterocycles. The third-order valence-electron chi connectivity index (χ3n) is 4.90. The first-order chi connectivity index (χ1) is 14.4. The molecule has 2 aromatic carbocycles. The topological polar surface area (TPSA) is 71.7 Å². The smallest absolute Gasteiger partial charge is 0.279 e. The Morgan fingerprint density at radius 2 is 1.87 bits per heavy atom. The van der Waals surface area contributed by atoms with Crippen LogP contribution in [0.1, 0.15) is 23.2 Å². The van der Waals surface area contributed by atoms with Crippen LogP contribution in [0.5, 0.6) is 0 Å². The van der Waals surface area contributed by atoms with Crippen molar-refractivity contribution >= 4 is 49.1 Å². The van der Waals surface area contributed by atoms with Crippen LogP contribution in [0.3, 0.4) is 0 Å². The van der Waals surface area contributed by atoms with E-state index < -0.39 is 15.9 Å². The van der Waals surface area contributed by atoms with Gasteiger partial charge in [-0.25, -0.2) is 8.42 Å². The molecule has 1 fully saturated rings. The molecule has 0 radical (unpaired) electrons. The van der Waals surface area contributed by atoms with Crippen LogP contribution in [-0.4, -0.2) is 36.3 Å². The number of para-hydroxylation sites is 1. The summed E-state index contributed by atoms with van der Waals surface area (Å²) < 4.78 is 29.3. The van der Waals surface area contributed by atoms with Crippen LogP contribution < -0.4 is 4.80 Å². The second-order valence-corrected chi connectivity index (χ2v) is 10.2. The molecule has 1 aliphatic rings. The van der Waals surface area contributed by atoms with Crippen LogP contribution in [0, 0.1) is 12.3 Å². The number of carbonyl (C=O) groups is 1. The molecule has 1 aliphatic heterocycles. The van der Waals surface area contributed by atoms with Crippen molar-refractivity contribution in [2.75, 3.05) is 13.1 Å². The summed E-state index contributed by atoms with van der Waals surface area (Å²) in [5.41, 5.74) is 1.03. The number of thiazole rings is 1. The molecular formula is C21H18ClN3O3S2. The number of hydrogen-bond acceptors (Lipinski definition) is 4. The second-order valence-electron chi connectivity index (χ2n) is 6.81. The minimum Gasteiger partial charge on any atom is -0.303 e. The lowest BCUT2D eigenvalue weighted by Crippen LogP contribution is -2.27. The van der Waals surface area contributed by atoms with Gasteiger partial charge >= 0.3 is 0 Å². The van der Waals surface area contributed by atoms with Crippen LogP contribution in [0.25, 0.3) is 10.2 Å². The number of terminal acetylenes is 1. The van der Waals surface area contributed by atoms with Gasteiger partial charge in [0.1, 0.15) is 0 Å². The van der Waals surface area contributed by atoms with Gasteiger partial charge in [-0.1, -0.05) is 34.9 Å². The lowest BCUT2D eigenvalue weighted by atomic mass is 10.2. The predicted molar refractivity (Wildman–Crippen MR) is 118 cm³/mol. The maximum absolute atomic E-state index is 12.7. The minimum absolute atomic E-state index is 0.178. The number of amides is 1. The van der Waals surface area contributed by atoms with Gasteiger partial charge in [-0.2, -0.15) is 9.30 Å². The fraction of sp³-hybridized carbons (Fsp3) is 0.238. The normalized spacial score (nSPS) is 15.5. The molecule has 154 valence electrons. The van der Waals surface area contributed by atoms with Gasteiger partial charge in [0.2, 0.25) is 10.0 Å². The Morgan fingerprint density at radius 3 is 2.53 bits per heavy atom. The summed E-state index contributed by atoms with van der Waals surface area (Å²) in [6.07, 6.45) is 7.22. The Balaban J connectivity index is 1.69. The lowest BCUT2D eigenvalue weighted by molar-refractivity contribution is 0.0998. The lowest BCUT2D eigenvalue weighted by Gasteiger charge is -2.15. The summed E-state index contributed by atoms with van der Waals surface area (Å²) in [5.74, 6) is 2.08. The minimum atomic E-state index is -3.52. The van der Waals surface area contributed by atoms with Gasteiger partial charge in [0.15, 0.2) is 4.80 Å². The zero-order chi connectivity index (χ0) is 21.3.